The number of nitrogens with two attached hydrogens (primary N) is 1. The van der Waals surface area contributed by atoms with E-state index in [1.165, 1.54) is 40.9 Å². The molecule has 13 heteroatoms. The van der Waals surface area contributed by atoms with Crippen molar-refractivity contribution in [3.05, 3.63) is 114 Å². The second-order valence-electron chi connectivity index (χ2n) is 12.2. The summed E-state index contributed by atoms with van der Waals surface area (Å²) in [5.41, 5.74) is 9.10. The van der Waals surface area contributed by atoms with Crippen LogP contribution in [0.15, 0.2) is 70.3 Å². The van der Waals surface area contributed by atoms with E-state index in [1.807, 2.05) is 0 Å². The molecule has 0 atom stereocenters. The molecule has 2 saturated carbocycles. The number of rotatable bonds is 7. The van der Waals surface area contributed by atoms with Crippen LogP contribution < -0.4 is 27.5 Å². The number of aromatic nitrogens is 2. The molecule has 0 unspecified atom stereocenters. The number of amides is 1. The molecular formula is C36H30F2N6O3S2. The first-order valence-corrected chi connectivity index (χ1v) is 17.3. The van der Waals surface area contributed by atoms with Gasteiger partial charge in [-0.05, 0) is 99.2 Å². The minimum Gasteiger partial charge on any atom is -0.365 e. The van der Waals surface area contributed by atoms with E-state index in [9.17, 15) is 28.4 Å². The molecule has 0 bridgehead atoms. The fourth-order valence-corrected chi connectivity index (χ4v) is 8.09. The monoisotopic (exact) mass is 696 g/mol. The van der Waals surface area contributed by atoms with Crippen molar-refractivity contribution in [3.8, 4) is 6.07 Å². The van der Waals surface area contributed by atoms with Crippen molar-refractivity contribution in [1.82, 2.24) is 9.13 Å². The van der Waals surface area contributed by atoms with Gasteiger partial charge in [0, 0.05) is 46.4 Å². The van der Waals surface area contributed by atoms with Crippen molar-refractivity contribution in [2.75, 3.05) is 10.6 Å². The fraction of sp³-hybridized carbons (Fsp3) is 0.222. The highest BCUT2D eigenvalue weighted by Gasteiger charge is 2.29. The van der Waals surface area contributed by atoms with Gasteiger partial charge in [0.2, 0.25) is 0 Å². The van der Waals surface area contributed by atoms with Gasteiger partial charge in [0.15, 0.2) is 0 Å². The number of nitriles is 1. The number of fused-ring (bicyclic) bond motifs is 2. The predicted octanol–water partition coefficient (Wildman–Crippen LogP) is 8.15. The molecule has 49 heavy (non-hydrogen) atoms. The maximum absolute atomic E-state index is 13.5. The van der Waals surface area contributed by atoms with Crippen LogP contribution in [0.1, 0.15) is 63.4 Å². The van der Waals surface area contributed by atoms with Gasteiger partial charge in [0.1, 0.15) is 37.1 Å². The molecule has 2 aliphatic carbocycles. The standard InChI is InChI=1S/C18H16FN3O2S.C18H14FN3OS/c1-9-8-10(2-6-13(9)19)21-15-12-5-7-14(23)22(11-3-4-11)18(12)25-16(15)17(20)24;1-10-8-11(2-6-14(10)19)21-17-13-5-7-16(23)22(12-3-4-12)18(13)24-15(17)9-20/h2,5-8,11,21H,3-4H2,1H3,(H2,20,24);2,5-8,12,21H,3-4H2,1H3. The number of benzene rings is 2. The first kappa shape index (κ1) is 32.2. The van der Waals surface area contributed by atoms with Gasteiger partial charge in [-0.3, -0.25) is 23.5 Å². The number of carbonyl (C=O) groups excluding carboxylic acids is 1. The molecule has 4 aromatic heterocycles. The molecule has 1 amide bonds. The number of aryl methyl sites for hydroxylation is 2. The molecule has 6 aromatic rings. The van der Waals surface area contributed by atoms with Gasteiger partial charge in [0.25, 0.3) is 17.0 Å². The molecular weight excluding hydrogens is 667 g/mol. The minimum atomic E-state index is -0.558. The Morgan fingerprint density at radius 1 is 0.776 bits per heavy atom. The summed E-state index contributed by atoms with van der Waals surface area (Å²) < 4.78 is 30.5. The summed E-state index contributed by atoms with van der Waals surface area (Å²) in [7, 11) is 0. The van der Waals surface area contributed by atoms with E-state index in [4.69, 9.17) is 5.73 Å². The Balaban J connectivity index is 0.000000154. The molecule has 0 spiro atoms. The Morgan fingerprint density at radius 2 is 1.24 bits per heavy atom. The Bertz CT molecular complexity index is 2470. The number of pyridine rings is 2. The highest BCUT2D eigenvalue weighted by atomic mass is 32.1. The molecule has 0 saturated heterocycles. The summed E-state index contributed by atoms with van der Waals surface area (Å²) in [6.07, 6.45) is 3.92. The zero-order chi connectivity index (χ0) is 34.6. The second-order valence-corrected chi connectivity index (χ2v) is 14.2. The van der Waals surface area contributed by atoms with Crippen LogP contribution in [-0.4, -0.2) is 15.0 Å². The number of nitrogens with zero attached hydrogens (tertiary/aromatic N) is 3. The van der Waals surface area contributed by atoms with Crippen molar-refractivity contribution >= 4 is 71.8 Å². The number of thiophene rings is 2. The fourth-order valence-electron chi connectivity index (χ4n) is 5.79. The Kier molecular flexibility index (Phi) is 8.30. The van der Waals surface area contributed by atoms with Crippen molar-refractivity contribution in [2.24, 2.45) is 5.73 Å². The van der Waals surface area contributed by atoms with Crippen LogP contribution in [0.3, 0.4) is 0 Å². The third-order valence-corrected chi connectivity index (χ3v) is 10.9. The zero-order valence-electron chi connectivity index (χ0n) is 26.5. The Labute approximate surface area is 286 Å². The number of hydrogen-bond donors (Lipinski definition) is 3. The van der Waals surface area contributed by atoms with E-state index in [1.54, 1.807) is 65.4 Å². The van der Waals surface area contributed by atoms with E-state index in [0.717, 1.165) is 46.1 Å². The number of anilines is 4. The number of nitrogens with one attached hydrogen (secondary N) is 2. The maximum Gasteiger partial charge on any atom is 0.261 e. The van der Waals surface area contributed by atoms with Gasteiger partial charge in [-0.25, -0.2) is 8.78 Å². The van der Waals surface area contributed by atoms with Gasteiger partial charge >= 0.3 is 0 Å². The van der Waals surface area contributed by atoms with E-state index in [-0.39, 0.29) is 34.8 Å². The maximum atomic E-state index is 13.5. The quantitative estimate of drug-likeness (QED) is 0.154. The summed E-state index contributed by atoms with van der Waals surface area (Å²) in [6.45, 7) is 3.37. The molecule has 0 aliphatic heterocycles. The largest absolute Gasteiger partial charge is 0.365 e. The molecule has 2 fully saturated rings. The van der Waals surface area contributed by atoms with Crippen molar-refractivity contribution in [1.29, 1.82) is 5.26 Å². The lowest BCUT2D eigenvalue weighted by Gasteiger charge is -2.09. The molecule has 4 N–H and O–H groups in total. The van der Waals surface area contributed by atoms with Gasteiger partial charge in [0.05, 0.1) is 11.4 Å². The minimum absolute atomic E-state index is 0.0279. The van der Waals surface area contributed by atoms with Gasteiger partial charge < -0.3 is 16.4 Å². The highest BCUT2D eigenvalue weighted by molar-refractivity contribution is 7.21. The third kappa shape index (κ3) is 6.21. The topological polar surface area (TPSA) is 135 Å². The molecule has 2 aliphatic rings. The van der Waals surface area contributed by atoms with Crippen LogP contribution in [-0.2, 0) is 0 Å². The van der Waals surface area contributed by atoms with Crippen molar-refractivity contribution in [2.45, 2.75) is 51.6 Å². The average molecular weight is 697 g/mol. The van der Waals surface area contributed by atoms with Crippen LogP contribution in [0, 0.1) is 36.8 Å². The molecule has 9 nitrogen and oxygen atoms in total. The van der Waals surface area contributed by atoms with E-state index in [2.05, 4.69) is 16.7 Å². The summed E-state index contributed by atoms with van der Waals surface area (Å²) in [5, 5.41) is 17.5. The highest BCUT2D eigenvalue weighted by Crippen LogP contribution is 2.43. The Hall–Kier alpha value is -5.32. The summed E-state index contributed by atoms with van der Waals surface area (Å²) in [5.74, 6) is -1.12. The third-order valence-electron chi connectivity index (χ3n) is 8.55. The van der Waals surface area contributed by atoms with Gasteiger partial charge in [-0.1, -0.05) is 0 Å². The Morgan fingerprint density at radius 3 is 1.69 bits per heavy atom. The molecule has 2 aromatic carbocycles. The zero-order valence-corrected chi connectivity index (χ0v) is 28.1. The van der Waals surface area contributed by atoms with Crippen LogP contribution in [0.4, 0.5) is 31.5 Å². The number of carbonyl (C=O) groups is 1. The SMILES string of the molecule is Cc1cc(Nc2c(C#N)sc3c2ccc(=O)n3C2CC2)ccc1F.Cc1cc(Nc2c(C(N)=O)sc3c2ccc(=O)n3C2CC2)ccc1F. The lowest BCUT2D eigenvalue weighted by Crippen LogP contribution is -2.16. The van der Waals surface area contributed by atoms with E-state index in [0.29, 0.717) is 43.6 Å². The van der Waals surface area contributed by atoms with Crippen LogP contribution in [0.25, 0.3) is 20.4 Å². The first-order valence-electron chi connectivity index (χ1n) is 15.7. The van der Waals surface area contributed by atoms with Crippen LogP contribution in [0.2, 0.25) is 0 Å². The lowest BCUT2D eigenvalue weighted by molar-refractivity contribution is 0.100. The smallest absolute Gasteiger partial charge is 0.261 e. The summed E-state index contributed by atoms with van der Waals surface area (Å²) >= 11 is 2.54. The normalized spacial score (nSPS) is 13.9. The first-order chi connectivity index (χ1) is 23.5. The van der Waals surface area contributed by atoms with E-state index < -0.39 is 5.91 Å². The molecule has 8 rings (SSSR count). The summed E-state index contributed by atoms with van der Waals surface area (Å²) in [6, 6.07) is 18.6. The van der Waals surface area contributed by atoms with Gasteiger partial charge in [-0.15, -0.1) is 22.7 Å². The summed E-state index contributed by atoms with van der Waals surface area (Å²) in [4.78, 5) is 38.8. The molecule has 4 heterocycles. The molecule has 0 radical (unpaired) electrons. The van der Waals surface area contributed by atoms with Crippen molar-refractivity contribution in [3.63, 3.8) is 0 Å². The van der Waals surface area contributed by atoms with Crippen molar-refractivity contribution < 1.29 is 13.6 Å². The number of halogens is 2. The lowest BCUT2D eigenvalue weighted by atomic mass is 10.2. The molecule has 248 valence electrons. The number of primary amides is 1. The second kappa shape index (κ2) is 12.6. The number of hydrogen-bond acceptors (Lipinski definition) is 8. The van der Waals surface area contributed by atoms with Gasteiger partial charge in [-0.2, -0.15) is 5.26 Å². The van der Waals surface area contributed by atoms with Crippen LogP contribution in [0.5, 0.6) is 0 Å². The van der Waals surface area contributed by atoms with Crippen LogP contribution >= 0.6 is 22.7 Å². The average Bonchev–Trinajstić information content (AvgIpc) is 4.01. The predicted molar refractivity (Wildman–Crippen MR) is 191 cm³/mol. The van der Waals surface area contributed by atoms with E-state index >= 15 is 0 Å².